The van der Waals surface area contributed by atoms with Gasteiger partial charge in [-0.2, -0.15) is 8.78 Å². The highest BCUT2D eigenvalue weighted by atomic mass is 19.3. The molecule has 0 bridgehead atoms. The van der Waals surface area contributed by atoms with E-state index in [0.29, 0.717) is 18.4 Å². The number of benzene rings is 1. The minimum atomic E-state index is -3.93. The highest BCUT2D eigenvalue weighted by Gasteiger charge is 2.61. The van der Waals surface area contributed by atoms with E-state index in [1.165, 1.54) is 24.3 Å². The summed E-state index contributed by atoms with van der Waals surface area (Å²) in [5.74, 6) is -5.97. The standard InChI is InChI=1S/C17H20F3NO3/c18-12-5-3-4-11(8-12)14-9-13(22)10-21(14)15(23)17(19,20)16(24)6-1-2-7-16/h3-5,8,13-14,22,24H,1-2,6-7,9-10H2/t13-,14-/m0/s1. The van der Waals surface area contributed by atoms with Crippen LogP contribution in [0.2, 0.25) is 0 Å². The zero-order valence-electron chi connectivity index (χ0n) is 13.1. The number of aliphatic hydroxyl groups is 2. The van der Waals surface area contributed by atoms with Crippen molar-refractivity contribution in [2.45, 2.75) is 55.8 Å². The number of β-amino-alcohol motifs (C(OH)–C–C–N with tert-alkyl or cyclic N) is 1. The number of hydrogen-bond acceptors (Lipinski definition) is 3. The van der Waals surface area contributed by atoms with Gasteiger partial charge in [0.2, 0.25) is 0 Å². The monoisotopic (exact) mass is 343 g/mol. The van der Waals surface area contributed by atoms with Gasteiger partial charge in [0.25, 0.3) is 5.91 Å². The van der Waals surface area contributed by atoms with Crippen molar-refractivity contribution >= 4 is 5.91 Å². The summed E-state index contributed by atoms with van der Waals surface area (Å²) >= 11 is 0. The number of carbonyl (C=O) groups excluding carboxylic acids is 1. The summed E-state index contributed by atoms with van der Waals surface area (Å²) in [5, 5.41) is 20.0. The predicted molar refractivity (Wildman–Crippen MR) is 79.8 cm³/mol. The SMILES string of the molecule is O=C(N1C[C@@H](O)C[C@H]1c1cccc(F)c1)C(F)(F)C1(O)CCCC1. The summed E-state index contributed by atoms with van der Waals surface area (Å²) in [7, 11) is 0. The normalized spacial score (nSPS) is 26.8. The van der Waals surface area contributed by atoms with E-state index in [1.54, 1.807) is 0 Å². The molecule has 0 radical (unpaired) electrons. The number of likely N-dealkylation sites (tertiary alicyclic amines) is 1. The number of hydrogen-bond donors (Lipinski definition) is 2. The molecule has 1 aliphatic carbocycles. The van der Waals surface area contributed by atoms with Gasteiger partial charge in [-0.05, 0) is 37.0 Å². The van der Waals surface area contributed by atoms with Crippen LogP contribution in [0.15, 0.2) is 24.3 Å². The molecule has 2 aliphatic rings. The van der Waals surface area contributed by atoms with Crippen molar-refractivity contribution in [1.82, 2.24) is 4.90 Å². The Morgan fingerprint density at radius 2 is 1.96 bits per heavy atom. The fraction of sp³-hybridized carbons (Fsp3) is 0.588. The lowest BCUT2D eigenvalue weighted by atomic mass is 9.92. The van der Waals surface area contributed by atoms with Crippen molar-refractivity contribution < 1.29 is 28.2 Å². The Morgan fingerprint density at radius 3 is 2.58 bits per heavy atom. The number of nitrogens with zero attached hydrogens (tertiary/aromatic N) is 1. The first-order valence-corrected chi connectivity index (χ1v) is 8.09. The molecule has 1 aromatic carbocycles. The van der Waals surface area contributed by atoms with Crippen LogP contribution < -0.4 is 0 Å². The third-order valence-electron chi connectivity index (χ3n) is 5.06. The van der Waals surface area contributed by atoms with Gasteiger partial charge < -0.3 is 15.1 Å². The molecule has 4 nitrogen and oxygen atoms in total. The Balaban J connectivity index is 1.89. The minimum Gasteiger partial charge on any atom is -0.391 e. The summed E-state index contributed by atoms with van der Waals surface area (Å²) in [5.41, 5.74) is -1.99. The van der Waals surface area contributed by atoms with E-state index in [0.717, 1.165) is 4.90 Å². The number of aliphatic hydroxyl groups excluding tert-OH is 1. The van der Waals surface area contributed by atoms with Gasteiger partial charge in [0.05, 0.1) is 12.1 Å². The molecule has 1 aliphatic heterocycles. The highest BCUT2D eigenvalue weighted by molar-refractivity contribution is 5.85. The second kappa shape index (κ2) is 6.04. The molecule has 1 saturated heterocycles. The van der Waals surface area contributed by atoms with Crippen molar-refractivity contribution in [3.8, 4) is 0 Å². The average Bonchev–Trinajstić information content (AvgIpc) is 3.13. The lowest BCUT2D eigenvalue weighted by molar-refractivity contribution is -0.201. The molecule has 2 fully saturated rings. The largest absolute Gasteiger partial charge is 0.391 e. The maximum Gasteiger partial charge on any atom is 0.352 e. The average molecular weight is 343 g/mol. The van der Waals surface area contributed by atoms with E-state index < -0.39 is 35.4 Å². The van der Waals surface area contributed by atoms with Crippen LogP contribution in [-0.2, 0) is 4.79 Å². The summed E-state index contributed by atoms with van der Waals surface area (Å²) in [4.78, 5) is 13.4. The Hall–Kier alpha value is -1.60. The van der Waals surface area contributed by atoms with Gasteiger partial charge in [-0.15, -0.1) is 0 Å². The number of amides is 1. The lowest BCUT2D eigenvalue weighted by Gasteiger charge is -2.35. The Morgan fingerprint density at radius 1 is 1.29 bits per heavy atom. The molecule has 3 rings (SSSR count). The van der Waals surface area contributed by atoms with E-state index in [9.17, 15) is 28.2 Å². The quantitative estimate of drug-likeness (QED) is 0.886. The number of alkyl halides is 2. The third kappa shape index (κ3) is 2.80. The molecule has 1 saturated carbocycles. The predicted octanol–water partition coefficient (Wildman–Crippen LogP) is 2.40. The van der Waals surface area contributed by atoms with Gasteiger partial charge in [0.15, 0.2) is 0 Å². The van der Waals surface area contributed by atoms with Crippen LogP contribution in [0.3, 0.4) is 0 Å². The van der Waals surface area contributed by atoms with Crippen LogP contribution in [0.4, 0.5) is 13.2 Å². The molecule has 2 atom stereocenters. The molecule has 1 heterocycles. The molecule has 0 unspecified atom stereocenters. The Bertz CT molecular complexity index is 631. The fourth-order valence-electron chi connectivity index (χ4n) is 3.72. The van der Waals surface area contributed by atoms with Crippen molar-refractivity contribution in [3.05, 3.63) is 35.6 Å². The van der Waals surface area contributed by atoms with Crippen molar-refractivity contribution in [1.29, 1.82) is 0 Å². The summed E-state index contributed by atoms with van der Waals surface area (Å²) in [6.45, 7) is -0.258. The Kier molecular flexibility index (Phi) is 4.34. The van der Waals surface area contributed by atoms with Gasteiger partial charge in [-0.25, -0.2) is 4.39 Å². The van der Waals surface area contributed by atoms with Crippen LogP contribution in [0.1, 0.15) is 43.7 Å². The molecule has 7 heteroatoms. The summed E-state index contributed by atoms with van der Waals surface area (Å²) in [6.07, 6.45) is -0.287. The third-order valence-corrected chi connectivity index (χ3v) is 5.06. The van der Waals surface area contributed by atoms with Crippen molar-refractivity contribution in [2.24, 2.45) is 0 Å². The van der Waals surface area contributed by atoms with Crippen LogP contribution >= 0.6 is 0 Å². The minimum absolute atomic E-state index is 0.0592. The second-order valence-corrected chi connectivity index (χ2v) is 6.73. The van der Waals surface area contributed by atoms with E-state index in [4.69, 9.17) is 0 Å². The summed E-state index contributed by atoms with van der Waals surface area (Å²) < 4.78 is 42.7. The number of halogens is 3. The lowest BCUT2D eigenvalue weighted by Crippen LogP contribution is -2.57. The molecule has 0 spiro atoms. The van der Waals surface area contributed by atoms with Gasteiger partial charge in [0, 0.05) is 6.54 Å². The van der Waals surface area contributed by atoms with Crippen LogP contribution in [0.5, 0.6) is 0 Å². The van der Waals surface area contributed by atoms with E-state index in [2.05, 4.69) is 0 Å². The number of carbonyl (C=O) groups is 1. The van der Waals surface area contributed by atoms with E-state index in [-0.39, 0.29) is 25.8 Å². The fourth-order valence-corrected chi connectivity index (χ4v) is 3.72. The number of rotatable bonds is 3. The van der Waals surface area contributed by atoms with Gasteiger partial charge in [0.1, 0.15) is 11.4 Å². The van der Waals surface area contributed by atoms with Crippen molar-refractivity contribution in [2.75, 3.05) is 6.54 Å². The first kappa shape index (κ1) is 17.2. The molecule has 24 heavy (non-hydrogen) atoms. The second-order valence-electron chi connectivity index (χ2n) is 6.73. The topological polar surface area (TPSA) is 60.8 Å². The maximum absolute atomic E-state index is 14.7. The first-order chi connectivity index (χ1) is 11.2. The van der Waals surface area contributed by atoms with Crippen LogP contribution in [0.25, 0.3) is 0 Å². The molecular weight excluding hydrogens is 323 g/mol. The van der Waals surface area contributed by atoms with Gasteiger partial charge in [-0.3, -0.25) is 4.79 Å². The zero-order valence-corrected chi connectivity index (χ0v) is 13.1. The first-order valence-electron chi connectivity index (χ1n) is 8.09. The zero-order chi connectivity index (χ0) is 17.5. The molecule has 1 amide bonds. The van der Waals surface area contributed by atoms with Crippen molar-refractivity contribution in [3.63, 3.8) is 0 Å². The van der Waals surface area contributed by atoms with Crippen LogP contribution in [-0.4, -0.2) is 45.2 Å². The summed E-state index contributed by atoms with van der Waals surface area (Å²) in [6, 6.07) is 4.52. The molecule has 0 aromatic heterocycles. The van der Waals surface area contributed by atoms with Gasteiger partial charge in [-0.1, -0.05) is 25.0 Å². The molecular formula is C17H20F3NO3. The highest BCUT2D eigenvalue weighted by Crippen LogP contribution is 2.45. The van der Waals surface area contributed by atoms with E-state index in [1.807, 2.05) is 0 Å². The maximum atomic E-state index is 14.7. The van der Waals surface area contributed by atoms with Gasteiger partial charge >= 0.3 is 5.92 Å². The van der Waals surface area contributed by atoms with Crippen LogP contribution in [0, 0.1) is 5.82 Å². The van der Waals surface area contributed by atoms with E-state index >= 15 is 0 Å². The molecule has 2 N–H and O–H groups in total. The molecule has 132 valence electrons. The molecule has 1 aromatic rings. The smallest absolute Gasteiger partial charge is 0.352 e. The Labute approximate surface area is 137 Å².